The van der Waals surface area contributed by atoms with E-state index in [0.717, 1.165) is 25.7 Å². The van der Waals surface area contributed by atoms with Crippen LogP contribution >= 0.6 is 0 Å². The van der Waals surface area contributed by atoms with Gasteiger partial charge in [-0.25, -0.2) is 0 Å². The number of unbranched alkanes of at least 4 members (excludes halogenated alkanes) is 5. The Hall–Kier alpha value is -0.790. The second-order valence-electron chi connectivity index (χ2n) is 4.06. The van der Waals surface area contributed by atoms with Crippen molar-refractivity contribution < 1.29 is 9.90 Å². The highest BCUT2D eigenvalue weighted by molar-refractivity contribution is 5.67. The molecule has 0 aromatic carbocycles. The number of carboxylic acids is 1. The van der Waals surface area contributed by atoms with Crippen molar-refractivity contribution in [3.8, 4) is 0 Å². The first-order valence-electron chi connectivity index (χ1n) is 6.04. The van der Waals surface area contributed by atoms with Crippen molar-refractivity contribution >= 4 is 5.97 Å². The average molecular weight is 211 g/mol. The van der Waals surface area contributed by atoms with Crippen LogP contribution in [0.3, 0.4) is 0 Å². The standard InChI is InChI=1S/C13H24O2/c1-3-5-6-7-8-9-10-11-12(4-2)13(14)15/h3,12H,1,4-11H2,2H3,(H,14,15)/p-1. The molecule has 0 saturated carbocycles. The first-order valence-corrected chi connectivity index (χ1v) is 6.04. The van der Waals surface area contributed by atoms with Crippen LogP contribution in [0.2, 0.25) is 0 Å². The van der Waals surface area contributed by atoms with Crippen LogP contribution in [0.15, 0.2) is 12.7 Å². The lowest BCUT2D eigenvalue weighted by molar-refractivity contribution is -0.311. The van der Waals surface area contributed by atoms with Crippen molar-refractivity contribution in [3.63, 3.8) is 0 Å². The molecule has 1 atom stereocenters. The fourth-order valence-corrected chi connectivity index (χ4v) is 1.70. The molecule has 88 valence electrons. The molecule has 0 N–H and O–H groups in total. The van der Waals surface area contributed by atoms with E-state index in [9.17, 15) is 9.90 Å². The molecular weight excluding hydrogens is 188 g/mol. The van der Waals surface area contributed by atoms with Crippen molar-refractivity contribution in [1.82, 2.24) is 0 Å². The number of carbonyl (C=O) groups excluding carboxylic acids is 1. The number of carbonyl (C=O) groups is 1. The predicted molar refractivity (Wildman–Crippen MR) is 61.3 cm³/mol. The summed E-state index contributed by atoms with van der Waals surface area (Å²) in [7, 11) is 0. The summed E-state index contributed by atoms with van der Waals surface area (Å²) in [5.41, 5.74) is 0. The zero-order chi connectivity index (χ0) is 11.5. The summed E-state index contributed by atoms with van der Waals surface area (Å²) in [5.74, 6) is -1.12. The van der Waals surface area contributed by atoms with E-state index in [2.05, 4.69) is 6.58 Å². The fourth-order valence-electron chi connectivity index (χ4n) is 1.70. The van der Waals surface area contributed by atoms with Gasteiger partial charge in [0.1, 0.15) is 0 Å². The third-order valence-electron chi connectivity index (χ3n) is 2.79. The van der Waals surface area contributed by atoms with Gasteiger partial charge in [0, 0.05) is 5.97 Å². The lowest BCUT2D eigenvalue weighted by atomic mass is 9.98. The number of hydrogen-bond donors (Lipinski definition) is 0. The van der Waals surface area contributed by atoms with Crippen LogP contribution in [0.25, 0.3) is 0 Å². The van der Waals surface area contributed by atoms with E-state index in [1.807, 2.05) is 13.0 Å². The van der Waals surface area contributed by atoms with Crippen LogP contribution in [0, 0.1) is 5.92 Å². The number of carboxylic acid groups (broad SMARTS) is 1. The summed E-state index contributed by atoms with van der Waals surface area (Å²) >= 11 is 0. The lowest BCUT2D eigenvalue weighted by Crippen LogP contribution is -2.30. The van der Waals surface area contributed by atoms with E-state index >= 15 is 0 Å². The Balaban J connectivity index is 3.29. The van der Waals surface area contributed by atoms with Gasteiger partial charge < -0.3 is 9.90 Å². The molecule has 0 aliphatic carbocycles. The SMILES string of the molecule is C=CCCCCCCCC(CC)C(=O)[O-]. The predicted octanol–water partition coefficient (Wildman–Crippen LogP) is 2.68. The Morgan fingerprint density at radius 1 is 1.27 bits per heavy atom. The minimum absolute atomic E-state index is 0.238. The minimum Gasteiger partial charge on any atom is -0.550 e. The summed E-state index contributed by atoms with van der Waals surface area (Å²) in [4.78, 5) is 10.6. The summed E-state index contributed by atoms with van der Waals surface area (Å²) in [6.45, 7) is 5.58. The molecule has 0 fully saturated rings. The number of allylic oxidation sites excluding steroid dienone is 1. The fraction of sp³-hybridized carbons (Fsp3) is 0.769. The van der Waals surface area contributed by atoms with Gasteiger partial charge >= 0.3 is 0 Å². The van der Waals surface area contributed by atoms with Gasteiger partial charge in [-0.15, -0.1) is 6.58 Å². The Morgan fingerprint density at radius 2 is 1.87 bits per heavy atom. The highest BCUT2D eigenvalue weighted by Crippen LogP contribution is 2.14. The van der Waals surface area contributed by atoms with E-state index < -0.39 is 5.97 Å². The Kier molecular flexibility index (Phi) is 9.24. The first kappa shape index (κ1) is 14.2. The van der Waals surface area contributed by atoms with Crippen molar-refractivity contribution in [2.45, 2.75) is 58.3 Å². The Morgan fingerprint density at radius 3 is 2.40 bits per heavy atom. The van der Waals surface area contributed by atoms with Crippen LogP contribution in [-0.2, 0) is 4.79 Å². The van der Waals surface area contributed by atoms with E-state index in [0.29, 0.717) is 6.42 Å². The zero-order valence-electron chi connectivity index (χ0n) is 9.84. The Labute approximate surface area is 93.4 Å². The smallest absolute Gasteiger partial charge is 0.0445 e. The first-order chi connectivity index (χ1) is 7.22. The molecule has 0 amide bonds. The third kappa shape index (κ3) is 8.22. The molecule has 0 aliphatic heterocycles. The second kappa shape index (κ2) is 9.75. The van der Waals surface area contributed by atoms with Gasteiger partial charge in [-0.05, 0) is 31.6 Å². The van der Waals surface area contributed by atoms with Crippen molar-refractivity contribution in [2.75, 3.05) is 0 Å². The van der Waals surface area contributed by atoms with Gasteiger partial charge in [0.15, 0.2) is 0 Å². The maximum Gasteiger partial charge on any atom is 0.0445 e. The van der Waals surface area contributed by atoms with E-state index in [-0.39, 0.29) is 5.92 Å². The number of aliphatic carboxylic acids is 1. The van der Waals surface area contributed by atoms with Gasteiger partial charge in [0.05, 0.1) is 0 Å². The molecule has 2 nitrogen and oxygen atoms in total. The molecule has 0 rings (SSSR count). The van der Waals surface area contributed by atoms with Crippen molar-refractivity contribution in [2.24, 2.45) is 5.92 Å². The summed E-state index contributed by atoms with van der Waals surface area (Å²) in [5, 5.41) is 10.6. The molecule has 0 aromatic heterocycles. The lowest BCUT2D eigenvalue weighted by Gasteiger charge is -2.15. The van der Waals surface area contributed by atoms with Crippen LogP contribution < -0.4 is 5.11 Å². The molecule has 0 spiro atoms. The highest BCUT2D eigenvalue weighted by Gasteiger charge is 2.05. The number of rotatable bonds is 10. The molecule has 0 aliphatic rings. The van der Waals surface area contributed by atoms with E-state index in [1.54, 1.807) is 0 Å². The van der Waals surface area contributed by atoms with Crippen LogP contribution in [0.1, 0.15) is 58.3 Å². The van der Waals surface area contributed by atoms with Crippen LogP contribution in [-0.4, -0.2) is 5.97 Å². The van der Waals surface area contributed by atoms with Gasteiger partial charge in [-0.1, -0.05) is 38.7 Å². The summed E-state index contributed by atoms with van der Waals surface area (Å²) < 4.78 is 0. The maximum absolute atomic E-state index is 10.6. The molecule has 0 bridgehead atoms. The third-order valence-corrected chi connectivity index (χ3v) is 2.79. The second-order valence-corrected chi connectivity index (χ2v) is 4.06. The zero-order valence-corrected chi connectivity index (χ0v) is 9.84. The topological polar surface area (TPSA) is 40.1 Å². The van der Waals surface area contributed by atoms with Gasteiger partial charge in [0.25, 0.3) is 0 Å². The largest absolute Gasteiger partial charge is 0.550 e. The molecule has 0 aromatic rings. The Bertz CT molecular complexity index is 175. The highest BCUT2D eigenvalue weighted by atomic mass is 16.4. The van der Waals surface area contributed by atoms with Gasteiger partial charge in [-0.3, -0.25) is 0 Å². The summed E-state index contributed by atoms with van der Waals surface area (Å²) in [6.07, 6.45) is 10.3. The number of hydrogen-bond acceptors (Lipinski definition) is 2. The normalized spacial score (nSPS) is 12.3. The van der Waals surface area contributed by atoms with E-state index in [4.69, 9.17) is 0 Å². The van der Waals surface area contributed by atoms with Crippen molar-refractivity contribution in [3.05, 3.63) is 12.7 Å². The molecule has 0 heterocycles. The van der Waals surface area contributed by atoms with Gasteiger partial charge in [-0.2, -0.15) is 0 Å². The monoisotopic (exact) mass is 211 g/mol. The van der Waals surface area contributed by atoms with Crippen LogP contribution in [0.5, 0.6) is 0 Å². The van der Waals surface area contributed by atoms with Crippen molar-refractivity contribution in [1.29, 1.82) is 0 Å². The average Bonchev–Trinajstić information content (AvgIpc) is 2.21. The molecule has 0 radical (unpaired) electrons. The van der Waals surface area contributed by atoms with Gasteiger partial charge in [0.2, 0.25) is 0 Å². The molecule has 0 saturated heterocycles. The molecule has 2 heteroatoms. The summed E-state index contributed by atoms with van der Waals surface area (Å²) in [6, 6.07) is 0. The minimum atomic E-state index is -0.885. The molecule has 15 heavy (non-hydrogen) atoms. The quantitative estimate of drug-likeness (QED) is 0.412. The maximum atomic E-state index is 10.6. The van der Waals surface area contributed by atoms with E-state index in [1.165, 1.54) is 19.3 Å². The van der Waals surface area contributed by atoms with Crippen LogP contribution in [0.4, 0.5) is 0 Å². The molecule has 1 unspecified atom stereocenters. The molecular formula is C13H23O2-.